The molecule has 0 bridgehead atoms. The van der Waals surface area contributed by atoms with Crippen LogP contribution in [0.3, 0.4) is 0 Å². The minimum Gasteiger partial charge on any atom is -0.362 e. The van der Waals surface area contributed by atoms with Gasteiger partial charge in [-0.05, 0) is 13.3 Å². The average molecular weight is 224 g/mol. The normalized spacial score (nSPS) is 24.1. The molecule has 15 heavy (non-hydrogen) atoms. The Bertz CT molecular complexity index is 358. The summed E-state index contributed by atoms with van der Waals surface area (Å²) in [5, 5.41) is 8.56. The second kappa shape index (κ2) is 4.70. The Morgan fingerprint density at radius 1 is 1.73 bits per heavy atom. The summed E-state index contributed by atoms with van der Waals surface area (Å²) < 4.78 is 1.81. The first-order chi connectivity index (χ1) is 7.24. The number of thioether (sulfide) groups is 1. The van der Waals surface area contributed by atoms with Gasteiger partial charge < -0.3 is 5.32 Å². The van der Waals surface area contributed by atoms with Crippen molar-refractivity contribution in [3.05, 3.63) is 18.0 Å². The van der Waals surface area contributed by atoms with E-state index in [0.717, 1.165) is 17.3 Å². The molecule has 5 heteroatoms. The fourth-order valence-corrected chi connectivity index (χ4v) is 2.57. The standard InChI is InChI=1S/C10H16N4S/c1-8-3-4-15-10(13-8)11-5-9-6-12-14(2)7-9/h6-8H,3-5H2,1-2H3,(H,11,13). The predicted octanol–water partition coefficient (Wildman–Crippen LogP) is 1.39. The number of amidine groups is 1. The van der Waals surface area contributed by atoms with Crippen LogP contribution in [-0.4, -0.2) is 26.7 Å². The van der Waals surface area contributed by atoms with Crippen LogP contribution in [-0.2, 0) is 13.6 Å². The van der Waals surface area contributed by atoms with E-state index in [0.29, 0.717) is 6.04 Å². The highest BCUT2D eigenvalue weighted by Gasteiger charge is 2.12. The van der Waals surface area contributed by atoms with Gasteiger partial charge in [0.1, 0.15) is 0 Å². The molecular formula is C10H16N4S. The first-order valence-corrected chi connectivity index (χ1v) is 6.14. The van der Waals surface area contributed by atoms with Gasteiger partial charge in [-0.15, -0.1) is 0 Å². The van der Waals surface area contributed by atoms with Crippen LogP contribution in [0.4, 0.5) is 0 Å². The maximum Gasteiger partial charge on any atom is 0.157 e. The minimum atomic E-state index is 0.555. The first kappa shape index (κ1) is 10.5. The zero-order valence-corrected chi connectivity index (χ0v) is 9.92. The summed E-state index contributed by atoms with van der Waals surface area (Å²) in [4.78, 5) is 4.53. The van der Waals surface area contributed by atoms with Crippen LogP contribution in [0.2, 0.25) is 0 Å². The quantitative estimate of drug-likeness (QED) is 0.825. The summed E-state index contributed by atoms with van der Waals surface area (Å²) in [5.74, 6) is 1.17. The van der Waals surface area contributed by atoms with Gasteiger partial charge in [-0.2, -0.15) is 5.10 Å². The van der Waals surface area contributed by atoms with Gasteiger partial charge in [-0.3, -0.25) is 9.67 Å². The molecule has 0 aromatic carbocycles. The zero-order chi connectivity index (χ0) is 10.7. The van der Waals surface area contributed by atoms with Crippen molar-refractivity contribution < 1.29 is 0 Å². The van der Waals surface area contributed by atoms with E-state index in [-0.39, 0.29) is 0 Å². The Morgan fingerprint density at radius 3 is 3.27 bits per heavy atom. The lowest BCUT2D eigenvalue weighted by atomic mass is 10.3. The van der Waals surface area contributed by atoms with Crippen molar-refractivity contribution >= 4 is 16.9 Å². The van der Waals surface area contributed by atoms with Gasteiger partial charge in [0.2, 0.25) is 0 Å². The number of aromatic nitrogens is 2. The summed E-state index contributed by atoms with van der Waals surface area (Å²) in [7, 11) is 1.92. The first-order valence-electron chi connectivity index (χ1n) is 5.15. The Hall–Kier alpha value is -0.970. The molecule has 4 nitrogen and oxygen atoms in total. The number of aliphatic imine (C=N–C) groups is 1. The van der Waals surface area contributed by atoms with E-state index in [9.17, 15) is 0 Å². The Balaban J connectivity index is 1.93. The fraction of sp³-hybridized carbons (Fsp3) is 0.600. The molecule has 1 saturated heterocycles. The van der Waals surface area contributed by atoms with E-state index in [2.05, 4.69) is 22.3 Å². The highest BCUT2D eigenvalue weighted by molar-refractivity contribution is 8.13. The predicted molar refractivity (Wildman–Crippen MR) is 64.0 cm³/mol. The van der Waals surface area contributed by atoms with Crippen LogP contribution in [0, 0.1) is 0 Å². The van der Waals surface area contributed by atoms with E-state index >= 15 is 0 Å². The highest BCUT2D eigenvalue weighted by Crippen LogP contribution is 2.14. The second-order valence-electron chi connectivity index (χ2n) is 3.83. The van der Waals surface area contributed by atoms with Crippen molar-refractivity contribution in [3.8, 4) is 0 Å². The number of hydrogen-bond acceptors (Lipinski definition) is 3. The van der Waals surface area contributed by atoms with Crippen LogP contribution in [0.5, 0.6) is 0 Å². The molecule has 1 aromatic heterocycles. The smallest absolute Gasteiger partial charge is 0.157 e. The zero-order valence-electron chi connectivity index (χ0n) is 9.10. The molecule has 82 valence electrons. The molecule has 1 atom stereocenters. The lowest BCUT2D eigenvalue weighted by Gasteiger charge is -2.21. The SMILES string of the molecule is CC1CCSC(=NCc2cnn(C)c2)N1. The Kier molecular flexibility index (Phi) is 3.30. The largest absolute Gasteiger partial charge is 0.362 e. The van der Waals surface area contributed by atoms with Crippen molar-refractivity contribution in [1.29, 1.82) is 0 Å². The Morgan fingerprint density at radius 2 is 2.60 bits per heavy atom. The molecule has 1 aromatic rings. The maximum atomic E-state index is 4.53. The summed E-state index contributed by atoms with van der Waals surface area (Å²) in [6.07, 6.45) is 5.08. The van der Waals surface area contributed by atoms with E-state index in [4.69, 9.17) is 0 Å². The summed E-state index contributed by atoms with van der Waals surface area (Å²) in [6.45, 7) is 2.91. The van der Waals surface area contributed by atoms with Crippen LogP contribution in [0.25, 0.3) is 0 Å². The van der Waals surface area contributed by atoms with Crippen LogP contribution in [0.15, 0.2) is 17.4 Å². The minimum absolute atomic E-state index is 0.555. The third-order valence-electron chi connectivity index (χ3n) is 2.32. The molecule has 0 radical (unpaired) electrons. The Labute approximate surface area is 94.2 Å². The van der Waals surface area contributed by atoms with Crippen LogP contribution in [0.1, 0.15) is 18.9 Å². The van der Waals surface area contributed by atoms with Gasteiger partial charge in [0, 0.05) is 30.6 Å². The van der Waals surface area contributed by atoms with Crippen molar-refractivity contribution in [2.45, 2.75) is 25.9 Å². The van der Waals surface area contributed by atoms with Gasteiger partial charge in [0.05, 0.1) is 12.7 Å². The summed E-state index contributed by atoms with van der Waals surface area (Å²) in [6, 6.07) is 0.555. The molecule has 0 saturated carbocycles. The molecular weight excluding hydrogens is 208 g/mol. The van der Waals surface area contributed by atoms with Crippen molar-refractivity contribution in [2.75, 3.05) is 5.75 Å². The van der Waals surface area contributed by atoms with Gasteiger partial charge in [0.25, 0.3) is 0 Å². The van der Waals surface area contributed by atoms with Gasteiger partial charge >= 0.3 is 0 Å². The third-order valence-corrected chi connectivity index (χ3v) is 3.28. The third kappa shape index (κ3) is 2.99. The van der Waals surface area contributed by atoms with E-state index in [1.165, 1.54) is 12.2 Å². The maximum absolute atomic E-state index is 4.53. The van der Waals surface area contributed by atoms with E-state index in [1.54, 1.807) is 16.4 Å². The number of hydrogen-bond donors (Lipinski definition) is 1. The van der Waals surface area contributed by atoms with Crippen LogP contribution >= 0.6 is 11.8 Å². The topological polar surface area (TPSA) is 42.2 Å². The molecule has 0 aliphatic carbocycles. The number of nitrogens with one attached hydrogen (secondary N) is 1. The van der Waals surface area contributed by atoms with Gasteiger partial charge in [-0.25, -0.2) is 0 Å². The van der Waals surface area contributed by atoms with Crippen molar-refractivity contribution in [2.24, 2.45) is 12.0 Å². The highest BCUT2D eigenvalue weighted by atomic mass is 32.2. The molecule has 1 aliphatic heterocycles. The molecule has 1 N–H and O–H groups in total. The molecule has 2 rings (SSSR count). The van der Waals surface area contributed by atoms with Gasteiger partial charge in [0.15, 0.2) is 5.17 Å². The molecule has 2 heterocycles. The number of nitrogens with zero attached hydrogens (tertiary/aromatic N) is 3. The lowest BCUT2D eigenvalue weighted by molar-refractivity contribution is 0.642. The number of rotatable bonds is 2. The van der Waals surface area contributed by atoms with Crippen molar-refractivity contribution in [1.82, 2.24) is 15.1 Å². The summed E-state index contributed by atoms with van der Waals surface area (Å²) in [5.41, 5.74) is 1.16. The average Bonchev–Trinajstić information content (AvgIpc) is 2.62. The molecule has 1 aliphatic rings. The summed E-state index contributed by atoms with van der Waals surface area (Å²) >= 11 is 1.80. The fourth-order valence-electron chi connectivity index (χ4n) is 1.46. The van der Waals surface area contributed by atoms with E-state index < -0.39 is 0 Å². The molecule has 0 spiro atoms. The monoisotopic (exact) mass is 224 g/mol. The molecule has 0 amide bonds. The van der Waals surface area contributed by atoms with E-state index in [1.807, 2.05) is 19.4 Å². The molecule has 1 unspecified atom stereocenters. The lowest BCUT2D eigenvalue weighted by Crippen LogP contribution is -2.35. The van der Waals surface area contributed by atoms with Crippen LogP contribution < -0.4 is 5.32 Å². The number of aryl methyl sites for hydroxylation is 1. The van der Waals surface area contributed by atoms with Gasteiger partial charge in [-0.1, -0.05) is 11.8 Å². The second-order valence-corrected chi connectivity index (χ2v) is 4.91. The van der Waals surface area contributed by atoms with Crippen molar-refractivity contribution in [3.63, 3.8) is 0 Å². The molecule has 1 fully saturated rings.